The largest absolute Gasteiger partial charge is 0.356 e. The highest BCUT2D eigenvalue weighted by atomic mass is 19.1. The molecule has 4 heteroatoms. The summed E-state index contributed by atoms with van der Waals surface area (Å²) in [6.45, 7) is 3.82. The molecule has 0 unspecified atom stereocenters. The lowest BCUT2D eigenvalue weighted by molar-refractivity contribution is -0.119. The number of piperidine rings is 1. The van der Waals surface area contributed by atoms with E-state index in [2.05, 4.69) is 22.3 Å². The first-order valence-corrected chi connectivity index (χ1v) is 8.97. The molecule has 1 amide bonds. The lowest BCUT2D eigenvalue weighted by Gasteiger charge is -2.38. The molecular formula is C21H23FN2O. The zero-order valence-corrected chi connectivity index (χ0v) is 14.3. The van der Waals surface area contributed by atoms with Crippen molar-refractivity contribution in [1.82, 2.24) is 10.2 Å². The molecule has 130 valence electrons. The number of carbonyl (C=O) groups excluding carboxylic acids is 1. The molecule has 25 heavy (non-hydrogen) atoms. The van der Waals surface area contributed by atoms with Gasteiger partial charge in [-0.15, -0.1) is 0 Å². The van der Waals surface area contributed by atoms with Gasteiger partial charge in [-0.1, -0.05) is 42.5 Å². The van der Waals surface area contributed by atoms with Crippen LogP contribution in [0.3, 0.4) is 0 Å². The Balaban J connectivity index is 1.38. The number of amides is 1. The van der Waals surface area contributed by atoms with E-state index in [4.69, 9.17) is 0 Å². The topological polar surface area (TPSA) is 32.3 Å². The smallest absolute Gasteiger partial charge is 0.220 e. The predicted octanol–water partition coefficient (Wildman–Crippen LogP) is 3.59. The Labute approximate surface area is 147 Å². The van der Waals surface area contributed by atoms with E-state index in [0.29, 0.717) is 12.0 Å². The molecule has 2 aromatic rings. The molecule has 2 saturated heterocycles. The number of benzene rings is 2. The Kier molecular flexibility index (Phi) is 4.30. The second kappa shape index (κ2) is 6.60. The van der Waals surface area contributed by atoms with Crippen LogP contribution >= 0.6 is 0 Å². The van der Waals surface area contributed by atoms with E-state index in [9.17, 15) is 9.18 Å². The minimum Gasteiger partial charge on any atom is -0.356 e. The molecule has 0 saturated carbocycles. The average Bonchev–Trinajstić information content (AvgIpc) is 2.99. The van der Waals surface area contributed by atoms with Gasteiger partial charge in [0.15, 0.2) is 0 Å². The highest BCUT2D eigenvalue weighted by Crippen LogP contribution is 2.37. The number of hydrogen-bond acceptors (Lipinski definition) is 2. The Morgan fingerprint density at radius 1 is 1.04 bits per heavy atom. The van der Waals surface area contributed by atoms with E-state index >= 15 is 0 Å². The monoisotopic (exact) mass is 338 g/mol. The van der Waals surface area contributed by atoms with E-state index in [-0.39, 0.29) is 17.1 Å². The molecule has 2 aliphatic heterocycles. The summed E-state index contributed by atoms with van der Waals surface area (Å²) in [5.41, 5.74) is 3.00. The first-order chi connectivity index (χ1) is 12.1. The van der Waals surface area contributed by atoms with E-state index in [1.807, 2.05) is 24.3 Å². The normalized spacial score (nSPS) is 20.0. The van der Waals surface area contributed by atoms with Crippen LogP contribution in [-0.4, -0.2) is 30.4 Å². The summed E-state index contributed by atoms with van der Waals surface area (Å²) in [6.07, 6.45) is 2.86. The summed E-state index contributed by atoms with van der Waals surface area (Å²) in [6, 6.07) is 15.1. The SMILES string of the molecule is O=C1CC2(CCN(Cc3ccc(-c4ccccc4F)cc3)CC2)CN1. The van der Waals surface area contributed by atoms with Crippen molar-refractivity contribution in [2.75, 3.05) is 19.6 Å². The molecular weight excluding hydrogens is 315 g/mol. The van der Waals surface area contributed by atoms with E-state index in [1.54, 1.807) is 6.07 Å². The van der Waals surface area contributed by atoms with Crippen molar-refractivity contribution >= 4 is 5.91 Å². The number of halogens is 1. The highest BCUT2D eigenvalue weighted by molar-refractivity contribution is 5.79. The van der Waals surface area contributed by atoms with Crippen molar-refractivity contribution in [2.24, 2.45) is 5.41 Å². The lowest BCUT2D eigenvalue weighted by Crippen LogP contribution is -2.40. The number of rotatable bonds is 3. The minimum atomic E-state index is -0.184. The van der Waals surface area contributed by atoms with Crippen LogP contribution in [0.15, 0.2) is 48.5 Å². The van der Waals surface area contributed by atoms with Gasteiger partial charge in [0.1, 0.15) is 5.82 Å². The molecule has 2 aliphatic rings. The first-order valence-electron chi connectivity index (χ1n) is 8.97. The van der Waals surface area contributed by atoms with Crippen LogP contribution in [0.25, 0.3) is 11.1 Å². The highest BCUT2D eigenvalue weighted by Gasteiger charge is 2.40. The van der Waals surface area contributed by atoms with Crippen molar-refractivity contribution in [3.05, 3.63) is 59.9 Å². The lowest BCUT2D eigenvalue weighted by atomic mass is 9.77. The Morgan fingerprint density at radius 2 is 1.76 bits per heavy atom. The molecule has 0 aliphatic carbocycles. The summed E-state index contributed by atoms with van der Waals surface area (Å²) in [5, 5.41) is 2.98. The predicted molar refractivity (Wildman–Crippen MR) is 96.4 cm³/mol. The molecule has 0 atom stereocenters. The van der Waals surface area contributed by atoms with Crippen LogP contribution < -0.4 is 5.32 Å². The van der Waals surface area contributed by atoms with Gasteiger partial charge in [-0.2, -0.15) is 0 Å². The molecule has 0 bridgehead atoms. The summed E-state index contributed by atoms with van der Waals surface area (Å²) >= 11 is 0. The van der Waals surface area contributed by atoms with Crippen LogP contribution in [0.4, 0.5) is 4.39 Å². The third-order valence-corrected chi connectivity index (χ3v) is 5.66. The Hall–Kier alpha value is -2.20. The molecule has 0 radical (unpaired) electrons. The zero-order chi connectivity index (χ0) is 17.3. The van der Waals surface area contributed by atoms with Crippen LogP contribution in [0.2, 0.25) is 0 Å². The van der Waals surface area contributed by atoms with Crippen LogP contribution in [-0.2, 0) is 11.3 Å². The van der Waals surface area contributed by atoms with Crippen molar-refractivity contribution in [2.45, 2.75) is 25.8 Å². The standard InChI is InChI=1S/C21H23FN2O/c22-19-4-2-1-3-18(19)17-7-5-16(6-8-17)14-24-11-9-21(10-12-24)13-20(25)23-15-21/h1-8H,9-15H2,(H,23,25). The van der Waals surface area contributed by atoms with E-state index in [0.717, 1.165) is 44.6 Å². The van der Waals surface area contributed by atoms with Crippen molar-refractivity contribution in [1.29, 1.82) is 0 Å². The van der Waals surface area contributed by atoms with Gasteiger partial charge in [0.05, 0.1) is 0 Å². The quantitative estimate of drug-likeness (QED) is 0.927. The van der Waals surface area contributed by atoms with Gasteiger partial charge in [0.2, 0.25) is 5.91 Å². The summed E-state index contributed by atoms with van der Waals surface area (Å²) in [5.74, 6) is 0.0217. The van der Waals surface area contributed by atoms with Crippen LogP contribution in [0.5, 0.6) is 0 Å². The van der Waals surface area contributed by atoms with Gasteiger partial charge in [0, 0.05) is 25.1 Å². The second-order valence-corrected chi connectivity index (χ2v) is 7.41. The fourth-order valence-corrected chi connectivity index (χ4v) is 4.03. The molecule has 2 aromatic carbocycles. The average molecular weight is 338 g/mol. The van der Waals surface area contributed by atoms with Gasteiger partial charge in [-0.05, 0) is 48.5 Å². The third kappa shape index (κ3) is 3.45. The van der Waals surface area contributed by atoms with Gasteiger partial charge >= 0.3 is 0 Å². The minimum absolute atomic E-state index is 0.184. The first kappa shape index (κ1) is 16.3. The molecule has 1 N–H and O–H groups in total. The maximum atomic E-state index is 13.9. The fourth-order valence-electron chi connectivity index (χ4n) is 4.03. The van der Waals surface area contributed by atoms with Gasteiger partial charge in [-0.25, -0.2) is 4.39 Å². The fraction of sp³-hybridized carbons (Fsp3) is 0.381. The molecule has 1 spiro atoms. The second-order valence-electron chi connectivity index (χ2n) is 7.41. The van der Waals surface area contributed by atoms with Crippen molar-refractivity contribution < 1.29 is 9.18 Å². The summed E-state index contributed by atoms with van der Waals surface area (Å²) in [7, 11) is 0. The number of nitrogens with one attached hydrogen (secondary N) is 1. The van der Waals surface area contributed by atoms with Crippen LogP contribution in [0.1, 0.15) is 24.8 Å². The van der Waals surface area contributed by atoms with Gasteiger partial charge in [0.25, 0.3) is 0 Å². The van der Waals surface area contributed by atoms with Crippen molar-refractivity contribution in [3.8, 4) is 11.1 Å². The Morgan fingerprint density at radius 3 is 2.40 bits per heavy atom. The van der Waals surface area contributed by atoms with Crippen LogP contribution in [0, 0.1) is 11.2 Å². The molecule has 4 rings (SSSR count). The number of likely N-dealkylation sites (tertiary alicyclic amines) is 1. The van der Waals surface area contributed by atoms with Gasteiger partial charge in [-0.3, -0.25) is 9.69 Å². The third-order valence-electron chi connectivity index (χ3n) is 5.66. The molecule has 2 heterocycles. The zero-order valence-electron chi connectivity index (χ0n) is 14.3. The van der Waals surface area contributed by atoms with E-state index in [1.165, 1.54) is 11.6 Å². The maximum absolute atomic E-state index is 13.9. The summed E-state index contributed by atoms with van der Waals surface area (Å²) < 4.78 is 13.9. The Bertz CT molecular complexity index is 764. The molecule has 2 fully saturated rings. The van der Waals surface area contributed by atoms with Gasteiger partial charge < -0.3 is 5.32 Å². The van der Waals surface area contributed by atoms with Crippen molar-refractivity contribution in [3.63, 3.8) is 0 Å². The van der Waals surface area contributed by atoms with E-state index < -0.39 is 0 Å². The summed E-state index contributed by atoms with van der Waals surface area (Å²) in [4.78, 5) is 14.0. The molecule has 3 nitrogen and oxygen atoms in total. The number of nitrogens with zero attached hydrogens (tertiary/aromatic N) is 1. The molecule has 0 aromatic heterocycles. The number of carbonyl (C=O) groups is 1. The number of hydrogen-bond donors (Lipinski definition) is 1. The maximum Gasteiger partial charge on any atom is 0.220 e.